The zero-order valence-electron chi connectivity index (χ0n) is 30.2. The van der Waals surface area contributed by atoms with Gasteiger partial charge < -0.3 is 29.2 Å². The van der Waals surface area contributed by atoms with Gasteiger partial charge in [-0.05, 0) is 44.9 Å². The third kappa shape index (κ3) is 14.2. The number of aliphatic hydroxyl groups is 1. The number of esters is 2. The molecule has 0 radical (unpaired) electrons. The summed E-state index contributed by atoms with van der Waals surface area (Å²) in [6, 6.07) is 0. The van der Waals surface area contributed by atoms with E-state index < -0.39 is 47.9 Å². The van der Waals surface area contributed by atoms with Gasteiger partial charge in [0.05, 0.1) is 31.2 Å². The summed E-state index contributed by atoms with van der Waals surface area (Å²) in [4.78, 5) is 37.0. The number of aliphatic hydroxyl groups excluding tert-OH is 1. The number of carboxylic acid groups (broad SMARTS) is 1. The quantitative estimate of drug-likeness (QED) is 0.162. The fraction of sp³-hybridized carbons (Fsp3) is 0.667. The lowest BCUT2D eigenvalue weighted by Gasteiger charge is -2.41. The highest BCUT2D eigenvalue weighted by Gasteiger charge is 2.37. The molecule has 1 fully saturated rings. The second-order valence-corrected chi connectivity index (χ2v) is 14.3. The summed E-state index contributed by atoms with van der Waals surface area (Å²) in [7, 11) is 0. The van der Waals surface area contributed by atoms with Crippen molar-refractivity contribution in [2.24, 2.45) is 35.5 Å². The van der Waals surface area contributed by atoms with Gasteiger partial charge in [-0.25, -0.2) is 4.79 Å². The van der Waals surface area contributed by atoms with Gasteiger partial charge in [-0.2, -0.15) is 0 Å². The minimum atomic E-state index is -1.08. The number of aliphatic carboxylic acids is 1. The molecule has 2 rings (SSSR count). The second kappa shape index (κ2) is 19.9. The van der Waals surface area contributed by atoms with Gasteiger partial charge >= 0.3 is 17.9 Å². The molecular weight excluding hydrogens is 612 g/mol. The van der Waals surface area contributed by atoms with E-state index in [1.807, 2.05) is 71.9 Å². The van der Waals surface area contributed by atoms with Crippen LogP contribution in [0.4, 0.5) is 0 Å². The molecule has 48 heavy (non-hydrogen) atoms. The van der Waals surface area contributed by atoms with Crippen LogP contribution in [0.5, 0.6) is 0 Å². The van der Waals surface area contributed by atoms with Crippen molar-refractivity contribution in [3.63, 3.8) is 0 Å². The standard InChI is InChI=1S/C39H60O9/c1-10-11-14-28(5)38-30(7)32(45-36(43)22-21-34(40)41)20-17-25(2)23-29(6)37(44)27(4)18-19-31-24-33(48-39(8,9)47-31)26(3)15-12-13-16-35(42)46-38/h10-16,18-19,25-33,37-38,44H,1,17,20-24H2,2-9H3,(H,40,41)/b14-11-,15-12+,16-13-,19-18-/t25-,26+,27-,28-,29-,30-,31+,32+,33-,37-,38-/m0/s1. The lowest BCUT2D eigenvalue weighted by molar-refractivity contribution is -0.295. The molecule has 11 atom stereocenters. The van der Waals surface area contributed by atoms with Crippen LogP contribution < -0.4 is 0 Å². The van der Waals surface area contributed by atoms with Crippen LogP contribution >= 0.6 is 0 Å². The molecule has 2 aliphatic heterocycles. The van der Waals surface area contributed by atoms with Crippen LogP contribution in [0.15, 0.2) is 61.3 Å². The van der Waals surface area contributed by atoms with Gasteiger partial charge in [0.15, 0.2) is 5.79 Å². The van der Waals surface area contributed by atoms with Gasteiger partial charge in [0.1, 0.15) is 12.2 Å². The van der Waals surface area contributed by atoms with E-state index >= 15 is 0 Å². The van der Waals surface area contributed by atoms with E-state index in [1.54, 1.807) is 18.2 Å². The van der Waals surface area contributed by atoms with Crippen LogP contribution in [0.1, 0.15) is 93.9 Å². The predicted molar refractivity (Wildman–Crippen MR) is 187 cm³/mol. The number of rotatable bonds is 7. The summed E-state index contributed by atoms with van der Waals surface area (Å²) in [5.74, 6) is -3.50. The van der Waals surface area contributed by atoms with E-state index in [4.69, 9.17) is 24.1 Å². The summed E-state index contributed by atoms with van der Waals surface area (Å²) in [5, 5.41) is 20.3. The molecule has 0 spiro atoms. The van der Waals surface area contributed by atoms with Gasteiger partial charge in [-0.1, -0.05) is 96.7 Å². The normalized spacial score (nSPS) is 36.7. The summed E-state index contributed by atoms with van der Waals surface area (Å²) in [6.45, 7) is 19.6. The molecule has 270 valence electrons. The SMILES string of the molecule is C=C/C=C\[C@H](C)[C@@H]1OC(=O)/C=C\C=C\[C@@H](C)[C@@H]2C[C@@H](/C=C\[C@H](C)[C@H](O)[C@@H](C)C[C@@H](C)CC[C@@H](OC(=O)CCC(=O)O)[C@@H]1C)OC(C)(C)O2. The summed E-state index contributed by atoms with van der Waals surface area (Å²) >= 11 is 0. The molecule has 0 aromatic rings. The molecule has 2 aliphatic rings. The Morgan fingerprint density at radius 3 is 2.40 bits per heavy atom. The van der Waals surface area contributed by atoms with Crippen molar-refractivity contribution >= 4 is 17.9 Å². The average molecular weight is 673 g/mol. The monoisotopic (exact) mass is 672 g/mol. The number of ether oxygens (including phenoxy) is 4. The Hall–Kier alpha value is -3.01. The van der Waals surface area contributed by atoms with E-state index in [1.165, 1.54) is 6.08 Å². The third-order valence-corrected chi connectivity index (χ3v) is 9.40. The fourth-order valence-corrected chi connectivity index (χ4v) is 6.60. The zero-order chi connectivity index (χ0) is 36.0. The van der Waals surface area contributed by atoms with Gasteiger partial charge in [0.2, 0.25) is 0 Å². The topological polar surface area (TPSA) is 129 Å². The Morgan fingerprint density at radius 1 is 1.02 bits per heavy atom. The zero-order valence-corrected chi connectivity index (χ0v) is 30.2. The van der Waals surface area contributed by atoms with Gasteiger partial charge in [-0.15, -0.1) is 0 Å². The van der Waals surface area contributed by atoms with Crippen molar-refractivity contribution in [1.82, 2.24) is 0 Å². The smallest absolute Gasteiger partial charge is 0.331 e. The van der Waals surface area contributed by atoms with Crippen LogP contribution in [-0.4, -0.2) is 64.4 Å². The number of fused-ring (bicyclic) bond motifs is 2. The molecule has 2 bridgehead atoms. The maximum atomic E-state index is 13.1. The molecular formula is C39H60O9. The van der Waals surface area contributed by atoms with E-state index in [0.29, 0.717) is 19.3 Å². The fourth-order valence-electron chi connectivity index (χ4n) is 6.60. The van der Waals surface area contributed by atoms with E-state index in [0.717, 1.165) is 6.42 Å². The summed E-state index contributed by atoms with van der Waals surface area (Å²) < 4.78 is 24.4. The van der Waals surface area contributed by atoms with Gasteiger partial charge in [0, 0.05) is 36.2 Å². The van der Waals surface area contributed by atoms with Crippen molar-refractivity contribution in [3.8, 4) is 0 Å². The first kappa shape index (κ1) is 41.2. The largest absolute Gasteiger partial charge is 0.481 e. The highest BCUT2D eigenvalue weighted by atomic mass is 16.7. The third-order valence-electron chi connectivity index (χ3n) is 9.40. The molecule has 2 heterocycles. The number of carbonyl (C=O) groups is 3. The molecule has 0 saturated carbocycles. The number of allylic oxidation sites excluding steroid dienone is 4. The van der Waals surface area contributed by atoms with Crippen molar-refractivity contribution < 1.29 is 43.5 Å². The second-order valence-electron chi connectivity index (χ2n) is 14.3. The molecule has 0 aromatic heterocycles. The lowest BCUT2D eigenvalue weighted by atomic mass is 9.82. The van der Waals surface area contributed by atoms with Crippen molar-refractivity contribution in [3.05, 3.63) is 61.3 Å². The molecule has 0 aromatic carbocycles. The lowest BCUT2D eigenvalue weighted by Crippen LogP contribution is -2.46. The summed E-state index contributed by atoms with van der Waals surface area (Å²) in [6.07, 6.45) is 16.1. The molecule has 9 heteroatoms. The Morgan fingerprint density at radius 2 is 1.73 bits per heavy atom. The Labute approximate surface area is 288 Å². The molecule has 1 saturated heterocycles. The predicted octanol–water partition coefficient (Wildman–Crippen LogP) is 7.36. The maximum Gasteiger partial charge on any atom is 0.331 e. The van der Waals surface area contributed by atoms with Crippen molar-refractivity contribution in [1.29, 1.82) is 0 Å². The first-order valence-corrected chi connectivity index (χ1v) is 17.5. The van der Waals surface area contributed by atoms with Gasteiger partial charge in [0.25, 0.3) is 0 Å². The Kier molecular flexibility index (Phi) is 17.0. The van der Waals surface area contributed by atoms with Crippen LogP contribution in [0.25, 0.3) is 0 Å². The average Bonchev–Trinajstić information content (AvgIpc) is 3.02. The number of hydrogen-bond donors (Lipinski definition) is 2. The summed E-state index contributed by atoms with van der Waals surface area (Å²) in [5.41, 5.74) is 0. The first-order valence-electron chi connectivity index (χ1n) is 17.5. The van der Waals surface area contributed by atoms with E-state index in [-0.39, 0.29) is 54.6 Å². The highest BCUT2D eigenvalue weighted by molar-refractivity contribution is 5.82. The number of cyclic esters (lactones) is 1. The Balaban J connectivity index is 2.45. The van der Waals surface area contributed by atoms with Crippen LogP contribution in [-0.2, 0) is 33.3 Å². The number of carbonyl (C=O) groups excluding carboxylic acids is 2. The minimum absolute atomic E-state index is 0.000934. The molecule has 2 N–H and O–H groups in total. The first-order chi connectivity index (χ1) is 22.5. The number of hydrogen-bond acceptors (Lipinski definition) is 8. The van der Waals surface area contributed by atoms with Crippen LogP contribution in [0, 0.1) is 35.5 Å². The van der Waals surface area contributed by atoms with Crippen LogP contribution in [0.2, 0.25) is 0 Å². The number of carboxylic acids is 1. The van der Waals surface area contributed by atoms with Crippen molar-refractivity contribution in [2.45, 2.75) is 130 Å². The Bertz CT molecular complexity index is 1170. The molecule has 0 aliphatic carbocycles. The highest BCUT2D eigenvalue weighted by Crippen LogP contribution is 2.33. The van der Waals surface area contributed by atoms with E-state index in [9.17, 15) is 19.5 Å². The van der Waals surface area contributed by atoms with Crippen molar-refractivity contribution in [2.75, 3.05) is 0 Å². The minimum Gasteiger partial charge on any atom is -0.481 e. The molecule has 0 amide bonds. The molecule has 0 unspecified atom stereocenters. The van der Waals surface area contributed by atoms with Crippen LogP contribution in [0.3, 0.4) is 0 Å². The molecule has 9 nitrogen and oxygen atoms in total. The van der Waals surface area contributed by atoms with E-state index in [2.05, 4.69) is 20.4 Å². The van der Waals surface area contributed by atoms with Gasteiger partial charge in [-0.3, -0.25) is 9.59 Å². The maximum absolute atomic E-state index is 13.1.